The Morgan fingerprint density at radius 3 is 2.46 bits per heavy atom. The molecule has 0 spiro atoms. The molecule has 5 rings (SSSR count). The van der Waals surface area contributed by atoms with E-state index in [-0.39, 0.29) is 5.78 Å². The first-order chi connectivity index (χ1) is 19.9. The van der Waals surface area contributed by atoms with E-state index >= 15 is 0 Å². The zero-order chi connectivity index (χ0) is 28.8. The third kappa shape index (κ3) is 7.35. The lowest BCUT2D eigenvalue weighted by molar-refractivity contribution is 0.0976. The molecule has 3 aromatic rings. The van der Waals surface area contributed by atoms with Crippen molar-refractivity contribution < 1.29 is 13.9 Å². The van der Waals surface area contributed by atoms with Crippen molar-refractivity contribution in [3.8, 4) is 16.9 Å². The van der Waals surface area contributed by atoms with E-state index in [1.165, 1.54) is 41.5 Å². The number of ketones is 1. The molecule has 0 radical (unpaired) electrons. The second-order valence-corrected chi connectivity index (χ2v) is 11.5. The van der Waals surface area contributed by atoms with Crippen LogP contribution >= 0.6 is 0 Å². The van der Waals surface area contributed by atoms with Gasteiger partial charge in [-0.2, -0.15) is 0 Å². The molecule has 1 aliphatic heterocycles. The van der Waals surface area contributed by atoms with Crippen LogP contribution < -0.4 is 10.1 Å². The first-order valence-corrected chi connectivity index (χ1v) is 15.3. The standard InChI is InChI=1S/C37H42FNO2/c1-4-31(38)11-9-15-36(40)28-18-16-27(17-19-28)25(2)22-29-10-8-14-33(26(29)3)30-20-21-37(34(23-30)35-24-39-35)41-32-12-6-5-7-13-32/h8,10,14,16-24,31-32,39H,4-7,9,11-13,15H2,1-3H3/b25-22+/t31-/m1/s1. The number of Topliss-reactive ketones (excluding diaryl/α,β-unsaturated/α-hetero) is 1. The zero-order valence-corrected chi connectivity index (χ0v) is 24.6. The molecule has 2 aliphatic rings. The molecule has 1 aliphatic carbocycles. The summed E-state index contributed by atoms with van der Waals surface area (Å²) in [5.74, 6) is 1.05. The summed E-state index contributed by atoms with van der Waals surface area (Å²) in [5, 5.41) is 3.27. The SMILES string of the molecule is CC[C@@H](F)CCCC(=O)c1ccc(/C(C)=C/c2cccc(-c3ccc(OC4CCCCC4)c(C4=CN4)c3)c2C)cc1. The van der Waals surface area contributed by atoms with Crippen LogP contribution in [0.2, 0.25) is 0 Å². The summed E-state index contributed by atoms with van der Waals surface area (Å²) in [5.41, 5.74) is 9.96. The van der Waals surface area contributed by atoms with E-state index in [1.807, 2.05) is 37.4 Å². The van der Waals surface area contributed by atoms with Gasteiger partial charge in [0.05, 0.1) is 18.0 Å². The quantitative estimate of drug-likeness (QED) is 0.180. The highest BCUT2D eigenvalue weighted by Crippen LogP contribution is 2.37. The predicted molar refractivity (Wildman–Crippen MR) is 169 cm³/mol. The fourth-order valence-corrected chi connectivity index (χ4v) is 5.76. The first kappa shape index (κ1) is 28.9. The Balaban J connectivity index is 1.31. The number of alkyl halides is 1. The van der Waals surface area contributed by atoms with E-state index in [0.717, 1.165) is 41.0 Å². The fraction of sp³-hybridized carbons (Fsp3) is 0.378. The summed E-state index contributed by atoms with van der Waals surface area (Å²) < 4.78 is 19.9. The second kappa shape index (κ2) is 13.3. The van der Waals surface area contributed by atoms with Crippen LogP contribution in [0, 0.1) is 6.92 Å². The maximum atomic E-state index is 13.5. The van der Waals surface area contributed by atoms with E-state index in [4.69, 9.17) is 4.74 Å². The van der Waals surface area contributed by atoms with Gasteiger partial charge in [0, 0.05) is 23.7 Å². The molecule has 1 heterocycles. The Labute approximate surface area is 244 Å². The van der Waals surface area contributed by atoms with Gasteiger partial charge in [0.2, 0.25) is 0 Å². The van der Waals surface area contributed by atoms with Crippen LogP contribution in [0.4, 0.5) is 4.39 Å². The third-order valence-corrected chi connectivity index (χ3v) is 8.49. The lowest BCUT2D eigenvalue weighted by Crippen LogP contribution is -2.20. The van der Waals surface area contributed by atoms with Gasteiger partial charge in [0.1, 0.15) is 5.75 Å². The van der Waals surface area contributed by atoms with Gasteiger partial charge in [-0.25, -0.2) is 4.39 Å². The van der Waals surface area contributed by atoms with Gasteiger partial charge in [-0.05, 0) is 104 Å². The Kier molecular flexibility index (Phi) is 9.38. The number of hydrogen-bond donors (Lipinski definition) is 1. The minimum Gasteiger partial charge on any atom is -0.490 e. The van der Waals surface area contributed by atoms with Gasteiger partial charge in [-0.3, -0.25) is 4.79 Å². The molecule has 1 fully saturated rings. The van der Waals surface area contributed by atoms with Crippen LogP contribution in [-0.4, -0.2) is 18.1 Å². The molecule has 0 amide bonds. The number of halogens is 1. The van der Waals surface area contributed by atoms with Gasteiger partial charge in [0.15, 0.2) is 5.78 Å². The van der Waals surface area contributed by atoms with Gasteiger partial charge in [-0.15, -0.1) is 0 Å². The molecular formula is C37H42FNO2. The molecule has 1 N–H and O–H groups in total. The van der Waals surface area contributed by atoms with Crippen LogP contribution in [0.1, 0.15) is 104 Å². The zero-order valence-electron chi connectivity index (χ0n) is 24.6. The normalized spacial score (nSPS) is 16.1. The highest BCUT2D eigenvalue weighted by molar-refractivity contribution is 5.96. The molecule has 4 heteroatoms. The van der Waals surface area contributed by atoms with E-state index in [1.54, 1.807) is 0 Å². The molecule has 0 unspecified atom stereocenters. The minimum absolute atomic E-state index is 0.0803. The van der Waals surface area contributed by atoms with Crippen molar-refractivity contribution >= 4 is 23.1 Å². The van der Waals surface area contributed by atoms with E-state index < -0.39 is 6.17 Å². The molecular weight excluding hydrogens is 509 g/mol. The van der Waals surface area contributed by atoms with Crippen molar-refractivity contribution in [2.75, 3.05) is 0 Å². The Morgan fingerprint density at radius 1 is 1.02 bits per heavy atom. The summed E-state index contributed by atoms with van der Waals surface area (Å²) >= 11 is 0. The third-order valence-electron chi connectivity index (χ3n) is 8.49. The van der Waals surface area contributed by atoms with Gasteiger partial charge < -0.3 is 10.1 Å². The molecule has 3 aromatic carbocycles. The van der Waals surface area contributed by atoms with Crippen molar-refractivity contribution in [1.82, 2.24) is 5.32 Å². The van der Waals surface area contributed by atoms with Crippen LogP contribution in [0.5, 0.6) is 5.75 Å². The summed E-state index contributed by atoms with van der Waals surface area (Å²) in [4.78, 5) is 12.5. The molecule has 1 saturated carbocycles. The predicted octanol–water partition coefficient (Wildman–Crippen LogP) is 9.94. The molecule has 3 nitrogen and oxygen atoms in total. The summed E-state index contributed by atoms with van der Waals surface area (Å²) in [6.45, 7) is 6.12. The number of nitrogens with one attached hydrogen (secondary N) is 1. The average Bonchev–Trinajstić information content (AvgIpc) is 3.84. The maximum absolute atomic E-state index is 13.5. The molecule has 1 atom stereocenters. The smallest absolute Gasteiger partial charge is 0.162 e. The molecule has 0 aromatic heterocycles. The minimum atomic E-state index is -0.811. The highest BCUT2D eigenvalue weighted by atomic mass is 19.1. The Hall–Kier alpha value is -3.66. The van der Waals surface area contributed by atoms with E-state index in [9.17, 15) is 9.18 Å². The highest BCUT2D eigenvalue weighted by Gasteiger charge is 2.21. The number of benzene rings is 3. The van der Waals surface area contributed by atoms with Crippen LogP contribution in [0.25, 0.3) is 28.5 Å². The van der Waals surface area contributed by atoms with Crippen molar-refractivity contribution in [1.29, 1.82) is 0 Å². The van der Waals surface area contributed by atoms with Crippen molar-refractivity contribution in [2.24, 2.45) is 0 Å². The summed E-state index contributed by atoms with van der Waals surface area (Å²) in [6, 6.07) is 20.8. The number of carbonyl (C=O) groups is 1. The molecule has 0 bridgehead atoms. The van der Waals surface area contributed by atoms with Gasteiger partial charge in [-0.1, -0.05) is 68.0 Å². The van der Waals surface area contributed by atoms with E-state index in [0.29, 0.717) is 37.4 Å². The maximum Gasteiger partial charge on any atom is 0.162 e. The molecule has 214 valence electrons. The Morgan fingerprint density at radius 2 is 1.76 bits per heavy atom. The number of hydrogen-bond acceptors (Lipinski definition) is 3. The van der Waals surface area contributed by atoms with Gasteiger partial charge in [0.25, 0.3) is 0 Å². The largest absolute Gasteiger partial charge is 0.490 e. The van der Waals surface area contributed by atoms with Crippen molar-refractivity contribution in [3.63, 3.8) is 0 Å². The van der Waals surface area contributed by atoms with Crippen molar-refractivity contribution in [2.45, 2.75) is 90.8 Å². The lowest BCUT2D eigenvalue weighted by atomic mass is 9.93. The van der Waals surface area contributed by atoms with Crippen molar-refractivity contribution in [3.05, 3.63) is 94.7 Å². The van der Waals surface area contributed by atoms with E-state index in [2.05, 4.69) is 61.6 Å². The molecule has 0 saturated heterocycles. The van der Waals surface area contributed by atoms with Crippen LogP contribution in [-0.2, 0) is 0 Å². The molecule has 41 heavy (non-hydrogen) atoms. The average molecular weight is 552 g/mol. The summed E-state index contributed by atoms with van der Waals surface area (Å²) in [7, 11) is 0. The fourth-order valence-electron chi connectivity index (χ4n) is 5.76. The van der Waals surface area contributed by atoms with Crippen LogP contribution in [0.15, 0.2) is 66.9 Å². The number of allylic oxidation sites excluding steroid dienone is 1. The first-order valence-electron chi connectivity index (χ1n) is 15.3. The number of ether oxygens (including phenoxy) is 1. The summed E-state index contributed by atoms with van der Waals surface area (Å²) in [6.07, 6.45) is 11.8. The van der Waals surface area contributed by atoms with Crippen LogP contribution in [0.3, 0.4) is 0 Å². The number of rotatable bonds is 12. The topological polar surface area (TPSA) is 48.2 Å². The monoisotopic (exact) mass is 551 g/mol. The second-order valence-electron chi connectivity index (χ2n) is 11.5. The lowest BCUT2D eigenvalue weighted by Gasteiger charge is -2.24. The Bertz CT molecular complexity index is 1430. The number of carbonyl (C=O) groups excluding carboxylic acids is 1. The van der Waals surface area contributed by atoms with Gasteiger partial charge >= 0.3 is 0 Å².